The Labute approximate surface area is 160 Å². The van der Waals surface area contributed by atoms with Gasteiger partial charge in [-0.2, -0.15) is 0 Å². The van der Waals surface area contributed by atoms with Gasteiger partial charge in [0.05, 0.1) is 10.3 Å². The Kier molecular flexibility index (Phi) is 4.03. The van der Waals surface area contributed by atoms with E-state index in [4.69, 9.17) is 4.98 Å². The average molecular weight is 363 g/mol. The fourth-order valence-electron chi connectivity index (χ4n) is 3.80. The number of hydrogen-bond acceptors (Lipinski definition) is 4. The minimum absolute atomic E-state index is 0.112. The van der Waals surface area contributed by atoms with Gasteiger partial charge in [0, 0.05) is 33.1 Å². The molecule has 3 heterocycles. The highest BCUT2D eigenvalue weighted by molar-refractivity contribution is 7.27. The van der Waals surface area contributed by atoms with Gasteiger partial charge in [-0.15, -0.1) is 11.3 Å². The fraction of sp³-hybridized carbons (Fsp3) is 0.381. The van der Waals surface area contributed by atoms with Crippen LogP contribution < -0.4 is 10.8 Å². The summed E-state index contributed by atoms with van der Waals surface area (Å²) in [4.78, 5) is 7.05. The van der Waals surface area contributed by atoms with E-state index in [9.17, 15) is 0 Å². The second kappa shape index (κ2) is 6.02. The van der Waals surface area contributed by atoms with E-state index in [2.05, 4.69) is 76.0 Å². The van der Waals surface area contributed by atoms with Crippen molar-refractivity contribution in [2.24, 2.45) is 5.41 Å². The molecule has 0 atom stereocenters. The number of nitrogens with zero attached hydrogens (tertiary/aromatic N) is 2. The first-order valence-electron chi connectivity index (χ1n) is 9.21. The molecule has 26 heavy (non-hydrogen) atoms. The second-order valence-corrected chi connectivity index (χ2v) is 9.66. The Bertz CT molecular complexity index is 1030. The van der Waals surface area contributed by atoms with Crippen molar-refractivity contribution >= 4 is 44.1 Å². The van der Waals surface area contributed by atoms with E-state index in [0.717, 1.165) is 12.0 Å². The summed E-state index contributed by atoms with van der Waals surface area (Å²) < 4.78 is 2.65. The molecule has 0 amide bonds. The molecule has 5 heteroatoms. The Hall–Kier alpha value is -2.01. The normalized spacial score (nSPS) is 15.5. The Morgan fingerprint density at radius 1 is 1.15 bits per heavy atom. The third-order valence-corrected chi connectivity index (χ3v) is 6.48. The van der Waals surface area contributed by atoms with E-state index in [1.807, 2.05) is 17.5 Å². The summed E-state index contributed by atoms with van der Waals surface area (Å²) in [6, 6.07) is 9.11. The van der Waals surface area contributed by atoms with E-state index in [-0.39, 0.29) is 6.98 Å². The maximum atomic E-state index is 4.76. The fourth-order valence-corrected chi connectivity index (χ4v) is 5.08. The van der Waals surface area contributed by atoms with E-state index in [1.165, 1.54) is 37.1 Å². The van der Waals surface area contributed by atoms with E-state index < -0.39 is 0 Å². The molecule has 1 aromatic carbocycles. The molecule has 0 bridgehead atoms. The molecule has 134 valence electrons. The maximum absolute atomic E-state index is 4.76. The van der Waals surface area contributed by atoms with Crippen LogP contribution in [0.5, 0.6) is 0 Å². The van der Waals surface area contributed by atoms with Crippen molar-refractivity contribution in [3.05, 3.63) is 47.4 Å². The highest BCUT2D eigenvalue weighted by Gasteiger charge is 2.34. The summed E-state index contributed by atoms with van der Waals surface area (Å²) >= 11 is 1.87. The lowest BCUT2D eigenvalue weighted by atomic mass is 9.70. The highest BCUT2D eigenvalue weighted by atomic mass is 32.1. The number of allylic oxidation sites excluding steroid dienone is 2. The van der Waals surface area contributed by atoms with Gasteiger partial charge in [0.2, 0.25) is 0 Å². The van der Waals surface area contributed by atoms with Crippen molar-refractivity contribution in [2.45, 2.75) is 41.0 Å². The van der Waals surface area contributed by atoms with Gasteiger partial charge < -0.3 is 10.0 Å². The Morgan fingerprint density at radius 3 is 2.58 bits per heavy atom. The van der Waals surface area contributed by atoms with Crippen LogP contribution in [0.15, 0.2) is 41.9 Å². The zero-order chi connectivity index (χ0) is 18.6. The van der Waals surface area contributed by atoms with Gasteiger partial charge in [-0.25, -0.2) is 0 Å². The quantitative estimate of drug-likeness (QED) is 0.679. The van der Waals surface area contributed by atoms with Crippen LogP contribution in [0, 0.1) is 5.41 Å². The maximum Gasteiger partial charge on any atom is 0.429 e. The van der Waals surface area contributed by atoms with Crippen LogP contribution in [0.25, 0.3) is 20.2 Å². The predicted molar refractivity (Wildman–Crippen MR) is 115 cm³/mol. The molecule has 1 aliphatic heterocycles. The molecule has 4 rings (SSSR count). The first-order chi connectivity index (χ1) is 12.2. The van der Waals surface area contributed by atoms with Gasteiger partial charge in [0.1, 0.15) is 0 Å². The molecular formula is C21H26BN3S. The van der Waals surface area contributed by atoms with Crippen molar-refractivity contribution in [3.8, 4) is 0 Å². The van der Waals surface area contributed by atoms with E-state index in [0.29, 0.717) is 5.41 Å². The Morgan fingerprint density at radius 2 is 1.92 bits per heavy atom. The molecule has 1 N–H and O–H groups in total. The number of nitrogens with one attached hydrogen (secondary N) is 1. The minimum Gasteiger partial charge on any atom is -0.406 e. The molecule has 0 saturated carbocycles. The molecule has 0 unspecified atom stereocenters. The molecule has 0 fully saturated rings. The SMILES string of the molecule is CC1=C(C)N(C)B(c2nccc3c2sc2cc(CC(C)(C)C)ccc23)N1. The van der Waals surface area contributed by atoms with Gasteiger partial charge in [0.15, 0.2) is 0 Å². The monoisotopic (exact) mass is 363 g/mol. The first-order valence-corrected chi connectivity index (χ1v) is 10.0. The minimum atomic E-state index is 0.112. The van der Waals surface area contributed by atoms with E-state index >= 15 is 0 Å². The van der Waals surface area contributed by atoms with Crippen molar-refractivity contribution < 1.29 is 0 Å². The first kappa shape index (κ1) is 17.4. The number of fused-ring (bicyclic) bond motifs is 3. The third kappa shape index (κ3) is 2.88. The summed E-state index contributed by atoms with van der Waals surface area (Å²) in [7, 11) is 2.14. The summed E-state index contributed by atoms with van der Waals surface area (Å²) in [6.07, 6.45) is 3.04. The van der Waals surface area contributed by atoms with Crippen molar-refractivity contribution in [2.75, 3.05) is 7.05 Å². The average Bonchev–Trinajstić information content (AvgIpc) is 3.05. The number of hydrogen-bond donors (Lipinski definition) is 1. The lowest BCUT2D eigenvalue weighted by molar-refractivity contribution is 0.411. The highest BCUT2D eigenvalue weighted by Crippen LogP contribution is 2.34. The zero-order valence-electron chi connectivity index (χ0n) is 16.5. The summed E-state index contributed by atoms with van der Waals surface area (Å²) in [5.41, 5.74) is 5.34. The Balaban J connectivity index is 1.83. The van der Waals surface area contributed by atoms with Crippen LogP contribution in [-0.4, -0.2) is 23.8 Å². The van der Waals surface area contributed by atoms with Gasteiger partial charge >= 0.3 is 6.98 Å². The smallest absolute Gasteiger partial charge is 0.406 e. The van der Waals surface area contributed by atoms with Crippen LogP contribution in [0.4, 0.5) is 0 Å². The van der Waals surface area contributed by atoms with Crippen LogP contribution >= 0.6 is 11.3 Å². The zero-order valence-corrected chi connectivity index (χ0v) is 17.3. The third-order valence-electron chi connectivity index (χ3n) is 5.29. The molecule has 1 aliphatic rings. The lowest BCUT2D eigenvalue weighted by Gasteiger charge is -2.19. The number of pyridine rings is 1. The number of aromatic nitrogens is 1. The molecular weight excluding hydrogens is 337 g/mol. The topological polar surface area (TPSA) is 28.2 Å². The van der Waals surface area contributed by atoms with Crippen LogP contribution in [-0.2, 0) is 6.42 Å². The number of benzene rings is 1. The molecule has 0 aliphatic carbocycles. The van der Waals surface area contributed by atoms with Gasteiger partial charge in [-0.3, -0.25) is 4.98 Å². The van der Waals surface area contributed by atoms with Crippen LogP contribution in [0.2, 0.25) is 0 Å². The molecule has 0 saturated heterocycles. The van der Waals surface area contributed by atoms with Gasteiger partial charge in [-0.05, 0) is 50.4 Å². The standard InChI is InChI=1S/C21H26BN3S/c1-13-14(2)25(6)22(24-13)20-19-17(9-10-23-20)16-8-7-15(11-18(16)26-19)12-21(3,4)5/h7-11,24H,12H2,1-6H3. The van der Waals surface area contributed by atoms with Crippen molar-refractivity contribution in [1.29, 1.82) is 0 Å². The number of rotatable bonds is 2. The van der Waals surface area contributed by atoms with Gasteiger partial charge in [0.25, 0.3) is 0 Å². The van der Waals surface area contributed by atoms with Crippen LogP contribution in [0.3, 0.4) is 0 Å². The molecule has 2 aromatic heterocycles. The largest absolute Gasteiger partial charge is 0.429 e. The number of thiophene rings is 1. The summed E-state index contributed by atoms with van der Waals surface area (Å²) in [5.74, 6) is 0. The van der Waals surface area contributed by atoms with Crippen molar-refractivity contribution in [1.82, 2.24) is 15.0 Å². The van der Waals surface area contributed by atoms with Crippen LogP contribution in [0.1, 0.15) is 40.2 Å². The molecule has 0 spiro atoms. The summed E-state index contributed by atoms with van der Waals surface area (Å²) in [5, 5.41) is 6.25. The summed E-state index contributed by atoms with van der Waals surface area (Å²) in [6.45, 7) is 11.3. The molecule has 3 nitrogen and oxygen atoms in total. The van der Waals surface area contributed by atoms with E-state index in [1.54, 1.807) is 0 Å². The van der Waals surface area contributed by atoms with Gasteiger partial charge in [-0.1, -0.05) is 32.9 Å². The second-order valence-electron chi connectivity index (χ2n) is 8.61. The predicted octanol–water partition coefficient (Wildman–Crippen LogP) is 4.52. The molecule has 3 aromatic rings. The molecule has 0 radical (unpaired) electrons. The lowest BCUT2D eigenvalue weighted by Crippen LogP contribution is -2.51. The van der Waals surface area contributed by atoms with Crippen molar-refractivity contribution in [3.63, 3.8) is 0 Å².